The molecule has 15 heavy (non-hydrogen) atoms. The third-order valence-corrected chi connectivity index (χ3v) is 2.14. The van der Waals surface area contributed by atoms with Gasteiger partial charge in [0.15, 0.2) is 0 Å². The van der Waals surface area contributed by atoms with Gasteiger partial charge in [-0.3, -0.25) is 4.79 Å². The zero-order chi connectivity index (χ0) is 10.8. The van der Waals surface area contributed by atoms with E-state index in [4.69, 9.17) is 0 Å². The third-order valence-electron chi connectivity index (χ3n) is 2.14. The predicted octanol–water partition coefficient (Wildman–Crippen LogP) is 0.984. The van der Waals surface area contributed by atoms with Crippen molar-refractivity contribution in [1.29, 1.82) is 0 Å². The first-order valence-corrected chi connectivity index (χ1v) is 4.42. The van der Waals surface area contributed by atoms with Gasteiger partial charge in [-0.25, -0.2) is 4.98 Å². The average Bonchev–Trinajstić information content (AvgIpc) is 2.66. The second-order valence-corrected chi connectivity index (χ2v) is 3.17. The standard InChI is InChI=1S/C10H10N2O3/c1-15-9(14)4-6-2-7-10(8(13)3-6)12-5-11-7/h2-3,5,13H,4H2,1H3,(H,11,12). The quantitative estimate of drug-likeness (QED) is 0.718. The summed E-state index contributed by atoms with van der Waals surface area (Å²) < 4.78 is 4.54. The molecule has 0 saturated carbocycles. The number of carbonyl (C=O) groups excluding carboxylic acids is 1. The van der Waals surface area contributed by atoms with Gasteiger partial charge in [0.1, 0.15) is 11.3 Å². The van der Waals surface area contributed by atoms with Crippen LogP contribution in [0.2, 0.25) is 0 Å². The fraction of sp³-hybridized carbons (Fsp3) is 0.200. The molecule has 1 heterocycles. The number of carbonyl (C=O) groups is 1. The number of nitrogens with zero attached hydrogens (tertiary/aromatic N) is 1. The number of hydrogen-bond donors (Lipinski definition) is 2. The summed E-state index contributed by atoms with van der Waals surface area (Å²) in [5.41, 5.74) is 1.90. The third kappa shape index (κ3) is 1.76. The summed E-state index contributed by atoms with van der Waals surface area (Å²) in [4.78, 5) is 17.8. The summed E-state index contributed by atoms with van der Waals surface area (Å²) in [5.74, 6) is -0.277. The minimum absolute atomic E-state index is 0.0626. The van der Waals surface area contributed by atoms with Crippen LogP contribution in [0.25, 0.3) is 11.0 Å². The van der Waals surface area contributed by atoms with E-state index >= 15 is 0 Å². The monoisotopic (exact) mass is 206 g/mol. The number of aromatic nitrogens is 2. The molecule has 1 aromatic carbocycles. The van der Waals surface area contributed by atoms with Crippen molar-refractivity contribution in [3.05, 3.63) is 24.0 Å². The van der Waals surface area contributed by atoms with Crippen LogP contribution in [0.1, 0.15) is 5.56 Å². The molecule has 0 atom stereocenters. The fourth-order valence-corrected chi connectivity index (χ4v) is 1.43. The van der Waals surface area contributed by atoms with Crippen molar-refractivity contribution in [1.82, 2.24) is 9.97 Å². The highest BCUT2D eigenvalue weighted by molar-refractivity contribution is 5.83. The van der Waals surface area contributed by atoms with E-state index in [1.54, 1.807) is 6.07 Å². The highest BCUT2D eigenvalue weighted by Gasteiger charge is 2.08. The Labute approximate surface area is 85.7 Å². The number of rotatable bonds is 2. The molecule has 2 N–H and O–H groups in total. The first kappa shape index (κ1) is 9.51. The largest absolute Gasteiger partial charge is 0.506 e. The summed E-state index contributed by atoms with van der Waals surface area (Å²) in [6, 6.07) is 3.28. The van der Waals surface area contributed by atoms with Crippen LogP contribution in [0.15, 0.2) is 18.5 Å². The molecular formula is C10H10N2O3. The molecule has 1 aromatic heterocycles. The zero-order valence-corrected chi connectivity index (χ0v) is 8.15. The van der Waals surface area contributed by atoms with Crippen molar-refractivity contribution in [2.45, 2.75) is 6.42 Å². The summed E-state index contributed by atoms with van der Waals surface area (Å²) in [5, 5.41) is 9.59. The Morgan fingerprint density at radius 2 is 2.40 bits per heavy atom. The van der Waals surface area contributed by atoms with Gasteiger partial charge in [0.25, 0.3) is 0 Å². The van der Waals surface area contributed by atoms with Crippen molar-refractivity contribution in [2.75, 3.05) is 7.11 Å². The Bertz CT molecular complexity index is 504. The van der Waals surface area contributed by atoms with E-state index in [2.05, 4.69) is 14.7 Å². The lowest BCUT2D eigenvalue weighted by molar-refractivity contribution is -0.139. The van der Waals surface area contributed by atoms with Crippen LogP contribution < -0.4 is 0 Å². The molecule has 2 aromatic rings. The number of methoxy groups -OCH3 is 1. The molecule has 0 bridgehead atoms. The van der Waals surface area contributed by atoms with Crippen LogP contribution in [-0.2, 0) is 16.0 Å². The molecule has 2 rings (SSSR count). The first-order chi connectivity index (χ1) is 7.20. The second-order valence-electron chi connectivity index (χ2n) is 3.17. The number of nitrogens with one attached hydrogen (secondary N) is 1. The SMILES string of the molecule is COC(=O)Cc1cc(O)c2nc[nH]c2c1. The van der Waals surface area contributed by atoms with Gasteiger partial charge in [-0.1, -0.05) is 0 Å². The molecule has 5 nitrogen and oxygen atoms in total. The maximum absolute atomic E-state index is 11.0. The Balaban J connectivity index is 2.40. The molecule has 0 aliphatic heterocycles. The van der Waals surface area contributed by atoms with Gasteiger partial charge in [-0.15, -0.1) is 0 Å². The zero-order valence-electron chi connectivity index (χ0n) is 8.15. The summed E-state index contributed by atoms with van der Waals surface area (Å²) in [7, 11) is 1.33. The minimum atomic E-state index is -0.340. The number of aromatic amines is 1. The summed E-state index contributed by atoms with van der Waals surface area (Å²) >= 11 is 0. The fourth-order valence-electron chi connectivity index (χ4n) is 1.43. The Morgan fingerprint density at radius 3 is 3.13 bits per heavy atom. The Hall–Kier alpha value is -2.04. The number of hydrogen-bond acceptors (Lipinski definition) is 4. The van der Waals surface area contributed by atoms with Gasteiger partial charge in [0.05, 0.1) is 25.4 Å². The van der Waals surface area contributed by atoms with Gasteiger partial charge < -0.3 is 14.8 Å². The average molecular weight is 206 g/mol. The van der Waals surface area contributed by atoms with E-state index in [-0.39, 0.29) is 18.1 Å². The van der Waals surface area contributed by atoms with Crippen LogP contribution >= 0.6 is 0 Å². The second kappa shape index (κ2) is 3.61. The maximum Gasteiger partial charge on any atom is 0.309 e. The minimum Gasteiger partial charge on any atom is -0.506 e. The van der Waals surface area contributed by atoms with Crippen LogP contribution in [0.5, 0.6) is 5.75 Å². The van der Waals surface area contributed by atoms with Crippen LogP contribution in [0.3, 0.4) is 0 Å². The topological polar surface area (TPSA) is 75.2 Å². The maximum atomic E-state index is 11.0. The molecular weight excluding hydrogens is 196 g/mol. The van der Waals surface area contributed by atoms with Crippen molar-refractivity contribution < 1.29 is 14.6 Å². The van der Waals surface area contributed by atoms with Crippen molar-refractivity contribution in [2.24, 2.45) is 0 Å². The van der Waals surface area contributed by atoms with Crippen LogP contribution in [0, 0.1) is 0 Å². The molecule has 0 spiro atoms. The van der Waals surface area contributed by atoms with E-state index in [9.17, 15) is 9.90 Å². The molecule has 0 aliphatic carbocycles. The summed E-state index contributed by atoms with van der Waals surface area (Å²) in [6.07, 6.45) is 1.63. The number of esters is 1. The molecule has 5 heteroatoms. The lowest BCUT2D eigenvalue weighted by Crippen LogP contribution is -2.04. The number of fused-ring (bicyclic) bond motifs is 1. The number of aromatic hydroxyl groups is 1. The van der Waals surface area contributed by atoms with Gasteiger partial charge in [-0.05, 0) is 17.7 Å². The highest BCUT2D eigenvalue weighted by atomic mass is 16.5. The van der Waals surface area contributed by atoms with E-state index in [1.807, 2.05) is 0 Å². The lowest BCUT2D eigenvalue weighted by Gasteiger charge is -2.01. The first-order valence-electron chi connectivity index (χ1n) is 4.42. The van der Waals surface area contributed by atoms with Gasteiger partial charge in [0.2, 0.25) is 0 Å². The number of phenolic OH excluding ortho intramolecular Hbond substituents is 1. The van der Waals surface area contributed by atoms with E-state index in [0.717, 1.165) is 0 Å². The summed E-state index contributed by atoms with van der Waals surface area (Å²) in [6.45, 7) is 0. The number of benzene rings is 1. The van der Waals surface area contributed by atoms with Gasteiger partial charge in [0, 0.05) is 0 Å². The van der Waals surface area contributed by atoms with E-state index in [0.29, 0.717) is 16.6 Å². The van der Waals surface area contributed by atoms with Crippen molar-refractivity contribution in [3.63, 3.8) is 0 Å². The van der Waals surface area contributed by atoms with Crippen LogP contribution in [0.4, 0.5) is 0 Å². The van der Waals surface area contributed by atoms with Gasteiger partial charge >= 0.3 is 5.97 Å². The van der Waals surface area contributed by atoms with E-state index < -0.39 is 0 Å². The van der Waals surface area contributed by atoms with Gasteiger partial charge in [-0.2, -0.15) is 0 Å². The molecule has 78 valence electrons. The molecule has 0 amide bonds. The predicted molar refractivity (Wildman–Crippen MR) is 53.5 cm³/mol. The molecule has 0 saturated heterocycles. The highest BCUT2D eigenvalue weighted by Crippen LogP contribution is 2.23. The number of phenols is 1. The molecule has 0 aliphatic rings. The molecule has 0 fully saturated rings. The normalized spacial score (nSPS) is 10.5. The van der Waals surface area contributed by atoms with Crippen molar-refractivity contribution >= 4 is 17.0 Å². The number of imidazole rings is 1. The smallest absolute Gasteiger partial charge is 0.309 e. The molecule has 0 unspecified atom stereocenters. The van der Waals surface area contributed by atoms with Crippen LogP contribution in [-0.4, -0.2) is 28.2 Å². The molecule has 0 radical (unpaired) electrons. The Morgan fingerprint density at radius 1 is 1.60 bits per heavy atom. The number of H-pyrrole nitrogens is 1. The number of ether oxygens (including phenoxy) is 1. The van der Waals surface area contributed by atoms with E-state index in [1.165, 1.54) is 19.5 Å². The Kier molecular flexibility index (Phi) is 2.29. The van der Waals surface area contributed by atoms with Crippen molar-refractivity contribution in [3.8, 4) is 5.75 Å². The lowest BCUT2D eigenvalue weighted by atomic mass is 10.1.